The van der Waals surface area contributed by atoms with Gasteiger partial charge in [0.1, 0.15) is 12.4 Å². The molecule has 1 unspecified atom stereocenters. The summed E-state index contributed by atoms with van der Waals surface area (Å²) in [5, 5.41) is 3.34. The first kappa shape index (κ1) is 10.5. The molecule has 0 bridgehead atoms. The molecule has 0 aliphatic carbocycles. The molecule has 4 nitrogen and oxygen atoms in total. The lowest BCUT2D eigenvalue weighted by Crippen LogP contribution is -2.28. The van der Waals surface area contributed by atoms with Crippen molar-refractivity contribution in [2.45, 2.75) is 18.9 Å². The molecule has 0 saturated carbocycles. The summed E-state index contributed by atoms with van der Waals surface area (Å²) < 4.78 is 18.5. The first-order valence-electron chi connectivity index (χ1n) is 5.83. The van der Waals surface area contributed by atoms with Crippen LogP contribution < -0.4 is 10.1 Å². The fraction of sp³-hybridized carbons (Fsp3) is 0.417. The van der Waals surface area contributed by atoms with Crippen LogP contribution in [0.5, 0.6) is 6.01 Å². The third-order valence-electron chi connectivity index (χ3n) is 3.01. The van der Waals surface area contributed by atoms with Gasteiger partial charge in [-0.15, -0.1) is 0 Å². The third-order valence-corrected chi connectivity index (χ3v) is 3.01. The van der Waals surface area contributed by atoms with E-state index >= 15 is 0 Å². The van der Waals surface area contributed by atoms with Crippen LogP contribution in [0.25, 0.3) is 11.0 Å². The lowest BCUT2D eigenvalue weighted by atomic mass is 10.2. The fourth-order valence-corrected chi connectivity index (χ4v) is 2.11. The molecule has 90 valence electrons. The number of imidazole rings is 1. The van der Waals surface area contributed by atoms with Gasteiger partial charge in [0.15, 0.2) is 0 Å². The van der Waals surface area contributed by atoms with E-state index in [1.165, 1.54) is 18.6 Å². The van der Waals surface area contributed by atoms with Crippen molar-refractivity contribution < 1.29 is 9.13 Å². The maximum atomic E-state index is 13.0. The Balaban J connectivity index is 1.72. The zero-order valence-electron chi connectivity index (χ0n) is 9.37. The van der Waals surface area contributed by atoms with Gasteiger partial charge in [0, 0.05) is 6.04 Å². The lowest BCUT2D eigenvalue weighted by molar-refractivity contribution is 0.260. The van der Waals surface area contributed by atoms with E-state index < -0.39 is 0 Å². The Morgan fingerprint density at radius 3 is 3.24 bits per heavy atom. The van der Waals surface area contributed by atoms with Crippen molar-refractivity contribution in [3.8, 4) is 6.01 Å². The number of benzene rings is 1. The Morgan fingerprint density at radius 1 is 1.47 bits per heavy atom. The first-order valence-corrected chi connectivity index (χ1v) is 5.83. The largest absolute Gasteiger partial charge is 0.463 e. The minimum absolute atomic E-state index is 0.273. The van der Waals surface area contributed by atoms with Crippen molar-refractivity contribution >= 4 is 11.0 Å². The number of aromatic amines is 1. The number of fused-ring (bicyclic) bond motifs is 1. The summed E-state index contributed by atoms with van der Waals surface area (Å²) in [4.78, 5) is 7.20. The molecule has 3 rings (SSSR count). The standard InChI is InChI=1S/C12H14FN3O/c13-8-3-4-10-11(6-8)16-12(15-10)17-7-9-2-1-5-14-9/h3-4,6,9,14H,1-2,5,7H2,(H,15,16). The first-order chi connectivity index (χ1) is 8.31. The second-order valence-corrected chi connectivity index (χ2v) is 4.31. The molecule has 1 fully saturated rings. The van der Waals surface area contributed by atoms with Gasteiger partial charge in [0.05, 0.1) is 11.0 Å². The van der Waals surface area contributed by atoms with Crippen molar-refractivity contribution in [1.29, 1.82) is 0 Å². The number of H-pyrrole nitrogens is 1. The minimum atomic E-state index is -0.273. The number of aromatic nitrogens is 2. The Kier molecular flexibility index (Phi) is 2.68. The number of rotatable bonds is 3. The van der Waals surface area contributed by atoms with Crippen LogP contribution in [0.4, 0.5) is 4.39 Å². The van der Waals surface area contributed by atoms with Crippen LogP contribution in [0.15, 0.2) is 18.2 Å². The lowest BCUT2D eigenvalue weighted by Gasteiger charge is -2.09. The van der Waals surface area contributed by atoms with Crippen molar-refractivity contribution in [1.82, 2.24) is 15.3 Å². The van der Waals surface area contributed by atoms with Gasteiger partial charge in [0.2, 0.25) is 0 Å². The minimum Gasteiger partial charge on any atom is -0.463 e. The SMILES string of the molecule is Fc1ccc2nc(OCC3CCCN3)[nH]c2c1. The van der Waals surface area contributed by atoms with Crippen LogP contribution in [-0.4, -0.2) is 29.2 Å². The molecule has 2 heterocycles. The summed E-state index contributed by atoms with van der Waals surface area (Å²) in [5.74, 6) is -0.273. The molecule has 1 aliphatic heterocycles. The molecule has 1 aromatic carbocycles. The third kappa shape index (κ3) is 2.24. The van der Waals surface area contributed by atoms with Crippen LogP contribution in [-0.2, 0) is 0 Å². The highest BCUT2D eigenvalue weighted by atomic mass is 19.1. The molecule has 1 atom stereocenters. The van der Waals surface area contributed by atoms with Gasteiger partial charge in [-0.25, -0.2) is 4.39 Å². The zero-order valence-corrected chi connectivity index (χ0v) is 9.37. The average Bonchev–Trinajstić information content (AvgIpc) is 2.94. The van der Waals surface area contributed by atoms with Gasteiger partial charge in [-0.05, 0) is 37.6 Å². The van der Waals surface area contributed by atoms with E-state index in [4.69, 9.17) is 4.74 Å². The van der Waals surface area contributed by atoms with E-state index in [0.717, 1.165) is 18.5 Å². The Morgan fingerprint density at radius 2 is 2.41 bits per heavy atom. The maximum Gasteiger partial charge on any atom is 0.294 e. The molecule has 1 saturated heterocycles. The second-order valence-electron chi connectivity index (χ2n) is 4.31. The van der Waals surface area contributed by atoms with Gasteiger partial charge in [-0.2, -0.15) is 4.98 Å². The Labute approximate surface area is 98.2 Å². The zero-order chi connectivity index (χ0) is 11.7. The number of hydrogen-bond donors (Lipinski definition) is 2. The number of hydrogen-bond acceptors (Lipinski definition) is 3. The average molecular weight is 235 g/mol. The van der Waals surface area contributed by atoms with Crippen molar-refractivity contribution in [3.63, 3.8) is 0 Å². The van der Waals surface area contributed by atoms with Crippen molar-refractivity contribution in [2.75, 3.05) is 13.2 Å². The van der Waals surface area contributed by atoms with Gasteiger partial charge in [0.25, 0.3) is 6.01 Å². The van der Waals surface area contributed by atoms with E-state index in [2.05, 4.69) is 15.3 Å². The highest BCUT2D eigenvalue weighted by Crippen LogP contribution is 2.17. The predicted octanol–water partition coefficient (Wildman–Crippen LogP) is 1.83. The Bertz CT molecular complexity index is 519. The highest BCUT2D eigenvalue weighted by Gasteiger charge is 2.15. The summed E-state index contributed by atoms with van der Waals surface area (Å²) in [6.45, 7) is 1.65. The van der Waals surface area contributed by atoms with Crippen LogP contribution in [0.3, 0.4) is 0 Å². The molecule has 5 heteroatoms. The van der Waals surface area contributed by atoms with Gasteiger partial charge < -0.3 is 15.0 Å². The number of ether oxygens (including phenoxy) is 1. The summed E-state index contributed by atoms with van der Waals surface area (Å²) >= 11 is 0. The molecule has 1 aromatic heterocycles. The smallest absolute Gasteiger partial charge is 0.294 e. The van der Waals surface area contributed by atoms with E-state index in [-0.39, 0.29) is 5.82 Å². The van der Waals surface area contributed by atoms with E-state index in [9.17, 15) is 4.39 Å². The summed E-state index contributed by atoms with van der Waals surface area (Å²) in [6, 6.07) is 5.32. The number of nitrogens with one attached hydrogen (secondary N) is 2. The molecule has 0 radical (unpaired) electrons. The topological polar surface area (TPSA) is 49.9 Å². The summed E-state index contributed by atoms with van der Waals surface area (Å²) in [5.41, 5.74) is 1.39. The molecule has 2 N–H and O–H groups in total. The maximum absolute atomic E-state index is 13.0. The predicted molar refractivity (Wildman–Crippen MR) is 62.6 cm³/mol. The molecule has 0 amide bonds. The van der Waals surface area contributed by atoms with Gasteiger partial charge >= 0.3 is 0 Å². The van der Waals surface area contributed by atoms with Crippen LogP contribution >= 0.6 is 0 Å². The highest BCUT2D eigenvalue weighted by molar-refractivity contribution is 5.75. The fourth-order valence-electron chi connectivity index (χ4n) is 2.11. The number of halogens is 1. The van der Waals surface area contributed by atoms with Crippen LogP contribution in [0.1, 0.15) is 12.8 Å². The molecule has 1 aliphatic rings. The van der Waals surface area contributed by atoms with E-state index in [0.29, 0.717) is 24.2 Å². The molecular weight excluding hydrogens is 221 g/mol. The quantitative estimate of drug-likeness (QED) is 0.853. The van der Waals surface area contributed by atoms with Crippen LogP contribution in [0, 0.1) is 5.82 Å². The van der Waals surface area contributed by atoms with Crippen molar-refractivity contribution in [3.05, 3.63) is 24.0 Å². The summed E-state index contributed by atoms with van der Waals surface area (Å²) in [6.07, 6.45) is 2.33. The van der Waals surface area contributed by atoms with E-state index in [1.807, 2.05) is 0 Å². The second kappa shape index (κ2) is 4.33. The Hall–Kier alpha value is -1.62. The summed E-state index contributed by atoms with van der Waals surface area (Å²) in [7, 11) is 0. The van der Waals surface area contributed by atoms with Gasteiger partial charge in [-0.3, -0.25) is 0 Å². The monoisotopic (exact) mass is 235 g/mol. The number of nitrogens with zero attached hydrogens (tertiary/aromatic N) is 1. The van der Waals surface area contributed by atoms with Gasteiger partial charge in [-0.1, -0.05) is 0 Å². The molecular formula is C12H14FN3O. The molecule has 0 spiro atoms. The normalized spacial score (nSPS) is 19.9. The molecule has 2 aromatic rings. The van der Waals surface area contributed by atoms with E-state index in [1.54, 1.807) is 6.07 Å². The van der Waals surface area contributed by atoms with Crippen molar-refractivity contribution in [2.24, 2.45) is 0 Å². The van der Waals surface area contributed by atoms with Crippen LogP contribution in [0.2, 0.25) is 0 Å². The molecule has 17 heavy (non-hydrogen) atoms.